The topological polar surface area (TPSA) is 83.8 Å². The quantitative estimate of drug-likeness (QED) is 0.742. The second-order valence-corrected chi connectivity index (χ2v) is 8.31. The molecule has 3 amide bonds. The molecule has 0 bridgehead atoms. The molecule has 1 aromatic heterocycles. The number of rotatable bonds is 4. The number of urea groups is 1. The number of nitriles is 1. The van der Waals surface area contributed by atoms with E-state index >= 15 is 0 Å². The summed E-state index contributed by atoms with van der Waals surface area (Å²) in [5.74, 6) is 0.820. The zero-order valence-electron chi connectivity index (χ0n) is 18.8. The van der Waals surface area contributed by atoms with E-state index in [9.17, 15) is 14.9 Å². The summed E-state index contributed by atoms with van der Waals surface area (Å²) in [6.45, 7) is 7.92. The number of likely N-dealkylation sites (N-methyl/N-ethyl adjacent to an activating group) is 1. The minimum absolute atomic E-state index is 0.0973. The average Bonchev–Trinajstić information content (AvgIpc) is 3.16. The van der Waals surface area contributed by atoms with Crippen LogP contribution in [0.25, 0.3) is 0 Å². The molecule has 1 aromatic carbocycles. The van der Waals surface area contributed by atoms with Crippen LogP contribution in [0.4, 0.5) is 16.3 Å². The summed E-state index contributed by atoms with van der Waals surface area (Å²) in [6.07, 6.45) is 2.88. The van der Waals surface area contributed by atoms with Crippen LogP contribution in [0.1, 0.15) is 34.0 Å². The zero-order valence-corrected chi connectivity index (χ0v) is 18.8. The van der Waals surface area contributed by atoms with Crippen molar-refractivity contribution in [1.29, 1.82) is 5.26 Å². The van der Waals surface area contributed by atoms with Crippen molar-refractivity contribution in [3.63, 3.8) is 0 Å². The number of hydrogen-bond donors (Lipinski definition) is 0. The fourth-order valence-electron chi connectivity index (χ4n) is 4.31. The van der Waals surface area contributed by atoms with Crippen LogP contribution in [-0.2, 0) is 6.42 Å². The van der Waals surface area contributed by atoms with Crippen LogP contribution in [-0.4, -0.2) is 73.0 Å². The Morgan fingerprint density at radius 2 is 1.88 bits per heavy atom. The largest absolute Gasteiger partial charge is 0.353 e. The Balaban J connectivity index is 1.46. The molecule has 0 radical (unpaired) electrons. The van der Waals surface area contributed by atoms with E-state index in [1.165, 1.54) is 5.56 Å². The van der Waals surface area contributed by atoms with Gasteiger partial charge in [0.15, 0.2) is 0 Å². The lowest BCUT2D eigenvalue weighted by atomic mass is 10.0. The first-order valence-electron chi connectivity index (χ1n) is 11.0. The number of aromatic nitrogens is 1. The summed E-state index contributed by atoms with van der Waals surface area (Å²) in [5, 5.41) is 9.66. The molecule has 166 valence electrons. The number of aryl methyl sites for hydroxylation is 2. The number of benzene rings is 1. The van der Waals surface area contributed by atoms with Crippen LogP contribution in [0.3, 0.4) is 0 Å². The molecule has 0 unspecified atom stereocenters. The van der Waals surface area contributed by atoms with E-state index in [0.717, 1.165) is 17.8 Å². The van der Waals surface area contributed by atoms with Crippen LogP contribution in [0.15, 0.2) is 30.5 Å². The first kappa shape index (κ1) is 21.6. The number of hydrogen-bond acceptors (Lipinski definition) is 5. The van der Waals surface area contributed by atoms with E-state index in [2.05, 4.69) is 35.9 Å². The van der Waals surface area contributed by atoms with Gasteiger partial charge in [-0.25, -0.2) is 9.78 Å². The van der Waals surface area contributed by atoms with Gasteiger partial charge in [-0.05, 0) is 42.7 Å². The molecular formula is C24H28N6O2. The van der Waals surface area contributed by atoms with Gasteiger partial charge in [0.25, 0.3) is 5.91 Å². The van der Waals surface area contributed by atoms with Crippen molar-refractivity contribution in [3.05, 3.63) is 52.7 Å². The van der Waals surface area contributed by atoms with E-state index < -0.39 is 0 Å². The Hall–Kier alpha value is -3.60. The summed E-state index contributed by atoms with van der Waals surface area (Å²) < 4.78 is 0. The highest BCUT2D eigenvalue weighted by Crippen LogP contribution is 2.25. The third kappa shape index (κ3) is 3.98. The molecule has 2 aliphatic heterocycles. The predicted molar refractivity (Wildman–Crippen MR) is 123 cm³/mol. The zero-order chi connectivity index (χ0) is 22.8. The Bertz CT molecular complexity index is 1080. The molecule has 2 aromatic rings. The summed E-state index contributed by atoms with van der Waals surface area (Å²) in [4.78, 5) is 37.3. The minimum atomic E-state index is -0.149. The standard InChI is InChI=1S/C24H28N6O2/c1-4-18-13-17(2)22(26-16-18)28-8-10-29(11-9-28)23(31)21-6-5-20(14-19(21)15-25)30-12-7-27(3)24(30)32/h5-6,13-14,16H,4,7-12H2,1-3H3. The lowest BCUT2D eigenvalue weighted by Gasteiger charge is -2.36. The van der Waals surface area contributed by atoms with Crippen molar-refractivity contribution in [2.24, 2.45) is 0 Å². The number of carbonyl (C=O) groups is 2. The number of anilines is 2. The number of amides is 3. The van der Waals surface area contributed by atoms with Crippen LogP contribution in [0.5, 0.6) is 0 Å². The van der Waals surface area contributed by atoms with Crippen LogP contribution in [0, 0.1) is 18.3 Å². The summed E-state index contributed by atoms with van der Waals surface area (Å²) in [5.41, 5.74) is 3.69. The molecule has 0 N–H and O–H groups in total. The highest BCUT2D eigenvalue weighted by Gasteiger charge is 2.29. The first-order valence-corrected chi connectivity index (χ1v) is 11.0. The third-order valence-electron chi connectivity index (χ3n) is 6.26. The number of carbonyl (C=O) groups excluding carboxylic acids is 2. The lowest BCUT2D eigenvalue weighted by molar-refractivity contribution is 0.0746. The molecule has 8 heteroatoms. The Kier molecular flexibility index (Phi) is 5.99. The molecule has 2 aliphatic rings. The molecule has 0 spiro atoms. The Morgan fingerprint density at radius 3 is 2.47 bits per heavy atom. The van der Waals surface area contributed by atoms with E-state index in [0.29, 0.717) is 56.1 Å². The van der Waals surface area contributed by atoms with Gasteiger partial charge in [0.2, 0.25) is 0 Å². The number of nitrogens with zero attached hydrogens (tertiary/aromatic N) is 6. The minimum Gasteiger partial charge on any atom is -0.353 e. The smallest absolute Gasteiger partial charge is 0.324 e. The van der Waals surface area contributed by atoms with Gasteiger partial charge in [0, 0.05) is 58.2 Å². The number of piperazine rings is 1. The number of pyridine rings is 1. The molecule has 3 heterocycles. The molecule has 4 rings (SSSR count). The maximum atomic E-state index is 13.2. The highest BCUT2D eigenvalue weighted by molar-refractivity contribution is 5.99. The van der Waals surface area contributed by atoms with Crippen molar-refractivity contribution in [2.75, 3.05) is 56.1 Å². The van der Waals surface area contributed by atoms with Crippen molar-refractivity contribution in [1.82, 2.24) is 14.8 Å². The van der Waals surface area contributed by atoms with Crippen molar-refractivity contribution in [3.8, 4) is 6.07 Å². The second kappa shape index (κ2) is 8.87. The fraction of sp³-hybridized carbons (Fsp3) is 0.417. The van der Waals surface area contributed by atoms with Gasteiger partial charge >= 0.3 is 6.03 Å². The van der Waals surface area contributed by atoms with Crippen LogP contribution in [0.2, 0.25) is 0 Å². The van der Waals surface area contributed by atoms with E-state index in [-0.39, 0.29) is 11.9 Å². The maximum absolute atomic E-state index is 13.2. The van der Waals surface area contributed by atoms with Gasteiger partial charge in [0.1, 0.15) is 11.9 Å². The molecule has 0 atom stereocenters. The fourth-order valence-corrected chi connectivity index (χ4v) is 4.31. The summed E-state index contributed by atoms with van der Waals surface area (Å²) >= 11 is 0. The normalized spacial score (nSPS) is 16.5. The maximum Gasteiger partial charge on any atom is 0.324 e. The molecule has 2 saturated heterocycles. The van der Waals surface area contributed by atoms with Crippen LogP contribution < -0.4 is 9.80 Å². The van der Waals surface area contributed by atoms with E-state index in [1.807, 2.05) is 6.20 Å². The van der Waals surface area contributed by atoms with Gasteiger partial charge in [-0.15, -0.1) is 0 Å². The van der Waals surface area contributed by atoms with Crippen LogP contribution >= 0.6 is 0 Å². The Labute approximate surface area is 188 Å². The molecule has 0 aliphatic carbocycles. The molecular weight excluding hydrogens is 404 g/mol. The predicted octanol–water partition coefficient (Wildman–Crippen LogP) is 2.66. The molecule has 2 fully saturated rings. The summed E-state index contributed by atoms with van der Waals surface area (Å²) in [6, 6.07) is 9.28. The van der Waals surface area contributed by atoms with Crippen molar-refractivity contribution in [2.45, 2.75) is 20.3 Å². The van der Waals surface area contributed by atoms with Gasteiger partial charge in [0.05, 0.1) is 11.1 Å². The second-order valence-electron chi connectivity index (χ2n) is 8.31. The van der Waals surface area contributed by atoms with Gasteiger partial charge in [-0.1, -0.05) is 13.0 Å². The third-order valence-corrected chi connectivity index (χ3v) is 6.26. The van der Waals surface area contributed by atoms with E-state index in [4.69, 9.17) is 0 Å². The van der Waals surface area contributed by atoms with Gasteiger partial charge in [-0.3, -0.25) is 9.69 Å². The van der Waals surface area contributed by atoms with Crippen molar-refractivity contribution >= 4 is 23.4 Å². The average molecular weight is 433 g/mol. The Morgan fingerprint density at radius 1 is 1.12 bits per heavy atom. The van der Waals surface area contributed by atoms with E-state index in [1.54, 1.807) is 39.9 Å². The molecule has 0 saturated carbocycles. The van der Waals surface area contributed by atoms with Crippen molar-refractivity contribution < 1.29 is 9.59 Å². The lowest BCUT2D eigenvalue weighted by Crippen LogP contribution is -2.49. The highest BCUT2D eigenvalue weighted by atomic mass is 16.2. The monoisotopic (exact) mass is 432 g/mol. The molecule has 8 nitrogen and oxygen atoms in total. The van der Waals surface area contributed by atoms with Gasteiger partial charge < -0.3 is 14.7 Å². The SMILES string of the molecule is CCc1cnc(N2CCN(C(=O)c3ccc(N4CCN(C)C4=O)cc3C#N)CC2)c(C)c1. The summed E-state index contributed by atoms with van der Waals surface area (Å²) in [7, 11) is 1.75. The molecule has 32 heavy (non-hydrogen) atoms. The first-order chi connectivity index (χ1) is 15.4. The van der Waals surface area contributed by atoms with Gasteiger partial charge in [-0.2, -0.15) is 5.26 Å².